The van der Waals surface area contributed by atoms with Crippen LogP contribution in [0, 0.1) is 0 Å². The zero-order valence-electron chi connectivity index (χ0n) is 11.3. The van der Waals surface area contributed by atoms with Gasteiger partial charge in [0, 0.05) is 24.0 Å². The van der Waals surface area contributed by atoms with E-state index in [4.69, 9.17) is 15.4 Å². The van der Waals surface area contributed by atoms with E-state index in [-0.39, 0.29) is 4.90 Å². The normalized spacial score (nSPS) is 21.5. The molecule has 0 saturated carbocycles. The van der Waals surface area contributed by atoms with Gasteiger partial charge in [-0.2, -0.15) is 0 Å². The molecule has 0 amide bonds. The van der Waals surface area contributed by atoms with E-state index in [0.717, 1.165) is 0 Å². The Morgan fingerprint density at radius 3 is 2.67 bits per heavy atom. The number of azide groups is 1. The summed E-state index contributed by atoms with van der Waals surface area (Å²) < 4.78 is 28.4. The van der Waals surface area contributed by atoms with Crippen molar-refractivity contribution >= 4 is 15.6 Å². The van der Waals surface area contributed by atoms with Crippen molar-refractivity contribution in [3.63, 3.8) is 0 Å². The number of hydrogen-bond acceptors (Lipinski definition) is 4. The van der Waals surface area contributed by atoms with E-state index >= 15 is 0 Å². The van der Waals surface area contributed by atoms with Gasteiger partial charge < -0.3 is 4.74 Å². The molecule has 0 spiro atoms. The Morgan fingerprint density at radius 2 is 2.14 bits per heavy atom. The first-order valence-electron chi connectivity index (χ1n) is 6.05. The molecule has 8 heteroatoms. The summed E-state index contributed by atoms with van der Waals surface area (Å²) in [4.78, 5) is 2.81. The Hall–Kier alpha value is -2.12. The molecule has 2 rings (SSSR count). The Morgan fingerprint density at radius 1 is 1.43 bits per heavy atom. The summed E-state index contributed by atoms with van der Waals surface area (Å²) in [5.41, 5.74) is 8.68. The molecule has 1 unspecified atom stereocenters. The van der Waals surface area contributed by atoms with E-state index in [0.29, 0.717) is 17.6 Å². The van der Waals surface area contributed by atoms with E-state index in [9.17, 15) is 8.42 Å². The van der Waals surface area contributed by atoms with Gasteiger partial charge in [0.15, 0.2) is 5.72 Å². The van der Waals surface area contributed by atoms with Gasteiger partial charge in [-0.25, -0.2) is 13.6 Å². The number of methoxy groups -OCH3 is 1. The molecule has 21 heavy (non-hydrogen) atoms. The molecule has 0 radical (unpaired) electrons. The standard InChI is InChI=1S/C13H14N4O3S/c1-20-13(16-17-14)8-6-10(7-9-13)11-4-2-3-5-12(11)21(15,18)19/h2-8H,9H2,1H3,(H2,15,18,19). The summed E-state index contributed by atoms with van der Waals surface area (Å²) in [6.45, 7) is 0. The van der Waals surface area contributed by atoms with Crippen LogP contribution < -0.4 is 5.14 Å². The van der Waals surface area contributed by atoms with Crippen molar-refractivity contribution < 1.29 is 13.2 Å². The second kappa shape index (κ2) is 5.71. The minimum atomic E-state index is -3.82. The van der Waals surface area contributed by atoms with E-state index in [2.05, 4.69) is 10.0 Å². The molecule has 2 N–H and O–H groups in total. The van der Waals surface area contributed by atoms with Crippen molar-refractivity contribution in [3.05, 3.63) is 58.5 Å². The molecule has 0 saturated heterocycles. The molecule has 7 nitrogen and oxygen atoms in total. The topological polar surface area (TPSA) is 118 Å². The van der Waals surface area contributed by atoms with Crippen LogP contribution in [-0.4, -0.2) is 21.3 Å². The van der Waals surface area contributed by atoms with Gasteiger partial charge in [-0.3, -0.25) is 0 Å². The largest absolute Gasteiger partial charge is 0.368 e. The van der Waals surface area contributed by atoms with E-state index < -0.39 is 15.7 Å². The van der Waals surface area contributed by atoms with Crippen LogP contribution in [-0.2, 0) is 14.8 Å². The lowest BCUT2D eigenvalue weighted by molar-refractivity contribution is 0.0403. The molecule has 0 fully saturated rings. The number of rotatable bonds is 4. The molecular formula is C13H14N4O3S. The molecule has 0 heterocycles. The molecule has 0 aromatic heterocycles. The monoisotopic (exact) mass is 306 g/mol. The second-order valence-corrected chi connectivity index (χ2v) is 6.01. The highest BCUT2D eigenvalue weighted by Gasteiger charge is 2.27. The first-order valence-corrected chi connectivity index (χ1v) is 7.59. The zero-order chi connectivity index (χ0) is 15.5. The number of primary sulfonamides is 1. The molecular weight excluding hydrogens is 292 g/mol. The van der Waals surface area contributed by atoms with Crippen LogP contribution in [0.2, 0.25) is 0 Å². The predicted octanol–water partition coefficient (Wildman–Crippen LogP) is 2.33. The highest BCUT2D eigenvalue weighted by Crippen LogP contribution is 2.32. The third-order valence-corrected chi connectivity index (χ3v) is 4.18. The van der Waals surface area contributed by atoms with E-state index in [1.807, 2.05) is 0 Å². The summed E-state index contributed by atoms with van der Waals surface area (Å²) in [6, 6.07) is 6.45. The number of benzene rings is 1. The lowest BCUT2D eigenvalue weighted by Gasteiger charge is -2.25. The van der Waals surface area contributed by atoms with Crippen molar-refractivity contribution in [2.45, 2.75) is 17.0 Å². The first-order chi connectivity index (χ1) is 9.92. The lowest BCUT2D eigenvalue weighted by atomic mass is 9.95. The van der Waals surface area contributed by atoms with Crippen molar-refractivity contribution in [2.24, 2.45) is 10.3 Å². The minimum Gasteiger partial charge on any atom is -0.368 e. The summed E-state index contributed by atoms with van der Waals surface area (Å²) >= 11 is 0. The van der Waals surface area contributed by atoms with Crippen LogP contribution in [0.5, 0.6) is 0 Å². The van der Waals surface area contributed by atoms with Crippen LogP contribution in [0.15, 0.2) is 52.5 Å². The Bertz CT molecular complexity index is 763. The molecule has 1 atom stereocenters. The fourth-order valence-electron chi connectivity index (χ4n) is 2.11. The fraction of sp³-hybridized carbons (Fsp3) is 0.231. The average Bonchev–Trinajstić information content (AvgIpc) is 2.47. The smallest absolute Gasteiger partial charge is 0.238 e. The van der Waals surface area contributed by atoms with Crippen molar-refractivity contribution in [2.75, 3.05) is 7.11 Å². The lowest BCUT2D eigenvalue weighted by Crippen LogP contribution is -2.26. The summed E-state index contributed by atoms with van der Waals surface area (Å²) in [6.07, 6.45) is 5.31. The van der Waals surface area contributed by atoms with Crippen molar-refractivity contribution in [3.8, 4) is 0 Å². The summed E-state index contributed by atoms with van der Waals surface area (Å²) in [5.74, 6) is 0. The maximum atomic E-state index is 11.6. The maximum Gasteiger partial charge on any atom is 0.238 e. The highest BCUT2D eigenvalue weighted by atomic mass is 32.2. The third kappa shape index (κ3) is 3.14. The third-order valence-electron chi connectivity index (χ3n) is 3.21. The van der Waals surface area contributed by atoms with Gasteiger partial charge >= 0.3 is 0 Å². The second-order valence-electron chi connectivity index (χ2n) is 4.48. The predicted molar refractivity (Wildman–Crippen MR) is 78.4 cm³/mol. The highest BCUT2D eigenvalue weighted by molar-refractivity contribution is 7.89. The van der Waals surface area contributed by atoms with Crippen LogP contribution >= 0.6 is 0 Å². The average molecular weight is 306 g/mol. The molecule has 1 aliphatic carbocycles. The maximum absolute atomic E-state index is 11.6. The van der Waals surface area contributed by atoms with Crippen molar-refractivity contribution in [1.29, 1.82) is 0 Å². The summed E-state index contributed by atoms with van der Waals surface area (Å²) in [7, 11) is -2.37. The van der Waals surface area contributed by atoms with Gasteiger partial charge in [0.2, 0.25) is 10.0 Å². The van der Waals surface area contributed by atoms with Crippen LogP contribution in [0.1, 0.15) is 12.0 Å². The summed E-state index contributed by atoms with van der Waals surface area (Å²) in [5, 5.41) is 8.84. The molecule has 1 aromatic rings. The van der Waals surface area contributed by atoms with E-state index in [1.165, 1.54) is 13.2 Å². The van der Waals surface area contributed by atoms with Crippen LogP contribution in [0.25, 0.3) is 16.0 Å². The van der Waals surface area contributed by atoms with Gasteiger partial charge in [0.05, 0.1) is 4.90 Å². The Kier molecular flexibility index (Phi) is 4.15. The van der Waals surface area contributed by atoms with Crippen LogP contribution in [0.4, 0.5) is 0 Å². The number of nitrogens with zero attached hydrogens (tertiary/aromatic N) is 3. The molecule has 1 aromatic carbocycles. The molecule has 1 aliphatic rings. The number of sulfonamides is 1. The van der Waals surface area contributed by atoms with Gasteiger partial charge in [0.1, 0.15) is 0 Å². The quantitative estimate of drug-likeness (QED) is 0.522. The van der Waals surface area contributed by atoms with E-state index in [1.54, 1.807) is 36.4 Å². The van der Waals surface area contributed by atoms with Crippen LogP contribution in [0.3, 0.4) is 0 Å². The number of hydrogen-bond donors (Lipinski definition) is 1. The number of ether oxygens (including phenoxy) is 1. The number of nitrogens with two attached hydrogens (primary N) is 1. The van der Waals surface area contributed by atoms with Gasteiger partial charge in [-0.05, 0) is 23.2 Å². The Labute approximate surface area is 122 Å². The molecule has 0 aliphatic heterocycles. The first kappa shape index (κ1) is 15.3. The number of allylic oxidation sites excluding steroid dienone is 2. The fourth-order valence-corrected chi connectivity index (χ4v) is 2.87. The SMILES string of the molecule is COC1(N=[N+]=[N-])C=CC(c2ccccc2S(N)(=O)=O)=CC1. The van der Waals surface area contributed by atoms with Gasteiger partial charge in [0.25, 0.3) is 0 Å². The molecule has 110 valence electrons. The van der Waals surface area contributed by atoms with Gasteiger partial charge in [-0.1, -0.05) is 35.5 Å². The molecule has 0 bridgehead atoms. The van der Waals surface area contributed by atoms with Crippen molar-refractivity contribution in [1.82, 2.24) is 0 Å². The zero-order valence-corrected chi connectivity index (χ0v) is 12.1. The Balaban J connectivity index is 2.44. The minimum absolute atomic E-state index is 0.0506. The van der Waals surface area contributed by atoms with Gasteiger partial charge in [-0.15, -0.1) is 0 Å².